The molecule has 1 N–H and O–H groups in total. The van der Waals surface area contributed by atoms with Crippen LogP contribution in [0.4, 0.5) is 0 Å². The molecule has 3 aromatic rings. The van der Waals surface area contributed by atoms with Crippen LogP contribution in [0.5, 0.6) is 11.5 Å². The molecule has 0 saturated heterocycles. The van der Waals surface area contributed by atoms with Crippen molar-refractivity contribution in [1.82, 2.24) is 4.98 Å². The summed E-state index contributed by atoms with van der Waals surface area (Å²) < 4.78 is 40.6. The first kappa shape index (κ1) is 17.5. The average molecular weight is 389 g/mol. The molecule has 0 atom stereocenters. The van der Waals surface area contributed by atoms with Crippen LogP contribution in [0.1, 0.15) is 5.56 Å². The van der Waals surface area contributed by atoms with Crippen LogP contribution >= 0.6 is 0 Å². The Morgan fingerprint density at radius 2 is 1.81 bits per heavy atom. The molecule has 1 aliphatic rings. The molecule has 4 rings (SSSR count). The van der Waals surface area contributed by atoms with E-state index in [1.165, 1.54) is 18.2 Å². The third-order valence-corrected chi connectivity index (χ3v) is 5.29. The minimum Gasteiger partial charge on any atom is -0.486 e. The number of nitrogens with zero attached hydrogens (tertiary/aromatic N) is 1. The lowest BCUT2D eigenvalue weighted by Gasteiger charge is -2.18. The fourth-order valence-corrected chi connectivity index (χ4v) is 3.79. The highest BCUT2D eigenvalue weighted by molar-refractivity contribution is 7.90. The Bertz CT molecular complexity index is 1210. The fourth-order valence-electron chi connectivity index (χ4n) is 2.87. The molecule has 140 valence electrons. The largest absolute Gasteiger partial charge is 0.486 e. The van der Waals surface area contributed by atoms with Gasteiger partial charge in [-0.15, -0.1) is 0 Å². The van der Waals surface area contributed by atoms with Gasteiger partial charge in [-0.3, -0.25) is 0 Å². The first-order chi connectivity index (χ1) is 12.9. The first-order valence-corrected chi connectivity index (χ1v) is 9.94. The van der Waals surface area contributed by atoms with Crippen LogP contribution in [0, 0.1) is 0 Å². The number of hydrogen-bond acceptors (Lipinski definition) is 8. The molecule has 9 heteroatoms. The van der Waals surface area contributed by atoms with E-state index in [0.29, 0.717) is 35.8 Å². The molecule has 0 fully saturated rings. The molecule has 0 radical (unpaired) electrons. The predicted molar refractivity (Wildman–Crippen MR) is 95.7 cm³/mol. The number of ether oxygens (including phenoxy) is 2. The van der Waals surface area contributed by atoms with E-state index in [4.69, 9.17) is 13.9 Å². The number of aliphatic hydroxyl groups excluding tert-OH is 1. The monoisotopic (exact) mass is 389 g/mol. The maximum atomic E-state index is 12.5. The minimum atomic E-state index is -3.65. The zero-order valence-electron chi connectivity index (χ0n) is 14.3. The molecule has 0 bridgehead atoms. The smallest absolute Gasteiger partial charge is 0.347 e. The summed E-state index contributed by atoms with van der Waals surface area (Å²) in [5, 5.41) is 9.48. The molecule has 0 amide bonds. The number of benzene rings is 2. The Morgan fingerprint density at radius 3 is 2.48 bits per heavy atom. The highest BCUT2D eigenvalue weighted by atomic mass is 32.2. The topological polar surface area (TPSA) is 116 Å². The van der Waals surface area contributed by atoms with Crippen molar-refractivity contribution in [3.63, 3.8) is 0 Å². The van der Waals surface area contributed by atoms with Crippen molar-refractivity contribution in [1.29, 1.82) is 0 Å². The van der Waals surface area contributed by atoms with E-state index in [2.05, 4.69) is 4.98 Å². The van der Waals surface area contributed by atoms with Gasteiger partial charge in [0.15, 0.2) is 21.3 Å². The number of aromatic nitrogens is 1. The molecular weight excluding hydrogens is 374 g/mol. The summed E-state index contributed by atoms with van der Waals surface area (Å²) >= 11 is 0. The lowest BCUT2D eigenvalue weighted by Crippen LogP contribution is -2.16. The average Bonchev–Trinajstić information content (AvgIpc) is 2.65. The van der Waals surface area contributed by atoms with Crippen molar-refractivity contribution in [2.75, 3.05) is 19.5 Å². The van der Waals surface area contributed by atoms with Crippen molar-refractivity contribution in [3.05, 3.63) is 46.3 Å². The van der Waals surface area contributed by atoms with Gasteiger partial charge < -0.3 is 19.0 Å². The molecule has 0 unspecified atom stereocenters. The van der Waals surface area contributed by atoms with E-state index in [-0.39, 0.29) is 28.3 Å². The highest BCUT2D eigenvalue weighted by Crippen LogP contribution is 2.34. The van der Waals surface area contributed by atoms with Crippen molar-refractivity contribution in [2.24, 2.45) is 0 Å². The van der Waals surface area contributed by atoms with Gasteiger partial charge in [-0.2, -0.15) is 0 Å². The minimum absolute atomic E-state index is 0.0819. The van der Waals surface area contributed by atoms with Crippen molar-refractivity contribution >= 4 is 20.7 Å². The van der Waals surface area contributed by atoms with Crippen molar-refractivity contribution in [3.8, 4) is 23.0 Å². The van der Waals surface area contributed by atoms with Crippen LogP contribution in [0.2, 0.25) is 0 Å². The summed E-state index contributed by atoms with van der Waals surface area (Å²) in [5.41, 5.74) is 0.194. The van der Waals surface area contributed by atoms with Gasteiger partial charge in [0.25, 0.3) is 0 Å². The number of rotatable bonds is 3. The van der Waals surface area contributed by atoms with Crippen molar-refractivity contribution in [2.45, 2.75) is 11.5 Å². The summed E-state index contributed by atoms with van der Waals surface area (Å²) in [4.78, 5) is 16.7. The van der Waals surface area contributed by atoms with E-state index in [1.54, 1.807) is 12.1 Å². The second-order valence-corrected chi connectivity index (χ2v) is 8.06. The van der Waals surface area contributed by atoms with E-state index < -0.39 is 15.5 Å². The van der Waals surface area contributed by atoms with Gasteiger partial charge >= 0.3 is 5.63 Å². The zero-order chi connectivity index (χ0) is 19.2. The molecule has 0 aliphatic carbocycles. The van der Waals surface area contributed by atoms with Crippen LogP contribution in [0.15, 0.2) is 44.4 Å². The SMILES string of the molecule is CS(=O)(=O)c1cc(CO)ccc1-c1nc2cc3c(cc2c(=O)o1)OCCO3. The Hall–Kier alpha value is -2.91. The number of aliphatic hydroxyl groups is 1. The normalized spacial score (nSPS) is 13.7. The molecule has 2 heterocycles. The van der Waals surface area contributed by atoms with Gasteiger partial charge in [0.2, 0.25) is 5.89 Å². The van der Waals surface area contributed by atoms with E-state index in [0.717, 1.165) is 6.26 Å². The summed E-state index contributed by atoms with van der Waals surface area (Å²) in [7, 11) is -3.65. The molecule has 27 heavy (non-hydrogen) atoms. The van der Waals surface area contributed by atoms with Crippen LogP contribution in [0.25, 0.3) is 22.4 Å². The second-order valence-electron chi connectivity index (χ2n) is 6.08. The van der Waals surface area contributed by atoms with Gasteiger partial charge in [-0.1, -0.05) is 6.07 Å². The Labute approximate surface area is 153 Å². The molecular formula is C18H15NO7S. The lowest BCUT2D eigenvalue weighted by molar-refractivity contribution is 0.172. The maximum absolute atomic E-state index is 12.5. The third-order valence-electron chi connectivity index (χ3n) is 4.15. The fraction of sp³-hybridized carbons (Fsp3) is 0.222. The van der Waals surface area contributed by atoms with E-state index in [1.807, 2.05) is 0 Å². The summed E-state index contributed by atoms with van der Waals surface area (Å²) in [6.45, 7) is 0.444. The van der Waals surface area contributed by atoms with Crippen LogP contribution < -0.4 is 15.1 Å². The summed E-state index contributed by atoms with van der Waals surface area (Å²) in [6, 6.07) is 7.39. The Kier molecular flexibility index (Phi) is 4.12. The van der Waals surface area contributed by atoms with Gasteiger partial charge in [-0.05, 0) is 17.7 Å². The standard InChI is InChI=1S/C18H15NO7S/c1-27(22,23)16-6-10(9-20)2-3-11(16)17-19-13-8-15-14(24-4-5-25-15)7-12(13)18(21)26-17/h2-3,6-8,20H,4-5,9H2,1H3. The van der Waals surface area contributed by atoms with E-state index in [9.17, 15) is 18.3 Å². The maximum Gasteiger partial charge on any atom is 0.347 e. The molecule has 0 saturated carbocycles. The molecule has 0 spiro atoms. The van der Waals surface area contributed by atoms with Crippen LogP contribution in [-0.2, 0) is 16.4 Å². The van der Waals surface area contributed by atoms with Gasteiger partial charge in [0, 0.05) is 18.4 Å². The van der Waals surface area contributed by atoms with Gasteiger partial charge in [-0.25, -0.2) is 18.2 Å². The number of sulfone groups is 1. The van der Waals surface area contributed by atoms with Gasteiger partial charge in [0.1, 0.15) is 13.2 Å². The van der Waals surface area contributed by atoms with Crippen molar-refractivity contribution < 1.29 is 27.4 Å². The molecule has 8 nitrogen and oxygen atoms in total. The van der Waals surface area contributed by atoms with E-state index >= 15 is 0 Å². The predicted octanol–water partition coefficient (Wildman–Crippen LogP) is 1.52. The lowest BCUT2D eigenvalue weighted by atomic mass is 10.1. The molecule has 1 aliphatic heterocycles. The Morgan fingerprint density at radius 1 is 1.11 bits per heavy atom. The molecule has 1 aromatic heterocycles. The Balaban J connectivity index is 1.96. The number of hydrogen-bond donors (Lipinski definition) is 1. The second kappa shape index (κ2) is 6.36. The third kappa shape index (κ3) is 3.15. The first-order valence-electron chi connectivity index (χ1n) is 8.05. The number of fused-ring (bicyclic) bond motifs is 2. The zero-order valence-corrected chi connectivity index (χ0v) is 15.1. The molecule has 2 aromatic carbocycles. The highest BCUT2D eigenvalue weighted by Gasteiger charge is 2.21. The summed E-state index contributed by atoms with van der Waals surface area (Å²) in [5.74, 6) is 0.755. The van der Waals surface area contributed by atoms with Gasteiger partial charge in [0.05, 0.1) is 28.0 Å². The quantitative estimate of drug-likeness (QED) is 0.717. The van der Waals surface area contributed by atoms with Crippen LogP contribution in [-0.4, -0.2) is 38.0 Å². The summed E-state index contributed by atoms with van der Waals surface area (Å²) in [6.07, 6.45) is 1.04. The van der Waals surface area contributed by atoms with Crippen LogP contribution in [0.3, 0.4) is 0 Å².